The van der Waals surface area contributed by atoms with Gasteiger partial charge in [-0.05, 0) is 28.8 Å². The molecule has 172 valence electrons. The smallest absolute Gasteiger partial charge is 0.332 e. The molecule has 1 fully saturated rings. The van der Waals surface area contributed by atoms with Crippen molar-refractivity contribution in [3.8, 4) is 0 Å². The molecule has 0 bridgehead atoms. The Morgan fingerprint density at radius 1 is 1.33 bits per heavy atom. The zero-order valence-electron chi connectivity index (χ0n) is 16.4. The minimum absolute atomic E-state index is 0.251. The predicted molar refractivity (Wildman–Crippen MR) is 104 cm³/mol. The number of hydroxylamine groups is 2. The van der Waals surface area contributed by atoms with Gasteiger partial charge < -0.3 is 30.4 Å². The van der Waals surface area contributed by atoms with Gasteiger partial charge in [0.2, 0.25) is 5.72 Å². The van der Waals surface area contributed by atoms with Gasteiger partial charge >= 0.3 is 11.6 Å². The van der Waals surface area contributed by atoms with Gasteiger partial charge in [-0.25, -0.2) is 13.8 Å². The lowest BCUT2D eigenvalue weighted by Gasteiger charge is -2.43. The summed E-state index contributed by atoms with van der Waals surface area (Å²) in [5, 5.41) is 52.0. The molecule has 1 aliphatic heterocycles. The van der Waals surface area contributed by atoms with E-state index in [2.05, 4.69) is 15.9 Å². The number of nitrogens with zero attached hydrogens (tertiary/aromatic N) is 2. The average Bonchev–Trinajstić information content (AvgIpc) is 2.91. The number of aliphatic hydroxyl groups is 4. The monoisotopic (exact) mass is 499 g/mol. The Morgan fingerprint density at radius 2 is 1.97 bits per heavy atom. The Morgan fingerprint density at radius 3 is 2.57 bits per heavy atom. The number of hydrogen-bond acceptors (Lipinski definition) is 9. The van der Waals surface area contributed by atoms with E-state index in [9.17, 15) is 39.6 Å². The van der Waals surface area contributed by atoms with Crippen molar-refractivity contribution in [1.29, 1.82) is 0 Å². The van der Waals surface area contributed by atoms with Crippen molar-refractivity contribution in [2.75, 3.05) is 6.61 Å². The molecule has 0 spiro atoms. The molecule has 0 aromatic carbocycles. The zero-order valence-corrected chi connectivity index (χ0v) is 18.0. The number of rotatable bonds is 10. The molecule has 1 aromatic rings. The van der Waals surface area contributed by atoms with Gasteiger partial charge in [0.15, 0.2) is 6.30 Å². The molecular weight excluding hydrogens is 473 g/mol. The second-order valence-electron chi connectivity index (χ2n) is 7.21. The number of aliphatic hydroxyl groups excluding tert-OH is 2. The van der Waals surface area contributed by atoms with Crippen LogP contribution in [0.4, 0.5) is 4.39 Å². The van der Waals surface area contributed by atoms with E-state index in [-0.39, 0.29) is 20.5 Å². The van der Waals surface area contributed by atoms with Gasteiger partial charge in [0.25, 0.3) is 5.56 Å². The number of hydrogen-bond donors (Lipinski definition) is 6. The summed E-state index contributed by atoms with van der Waals surface area (Å²) in [4.78, 5) is 25.7. The number of aromatic amines is 1. The molecule has 0 aliphatic carbocycles. The van der Waals surface area contributed by atoms with Crippen LogP contribution < -0.4 is 11.2 Å². The summed E-state index contributed by atoms with van der Waals surface area (Å²) in [5.74, 6) is -3.26. The maximum atomic E-state index is 14.7. The van der Waals surface area contributed by atoms with E-state index in [1.807, 2.05) is 11.9 Å². The fraction of sp³-hybridized carbons (Fsp3) is 0.765. The second-order valence-corrected chi connectivity index (χ2v) is 8.06. The van der Waals surface area contributed by atoms with E-state index in [4.69, 9.17) is 4.74 Å². The molecule has 2 rings (SSSR count). The lowest BCUT2D eigenvalue weighted by molar-refractivity contribution is -0.428. The van der Waals surface area contributed by atoms with E-state index in [0.717, 1.165) is 25.5 Å². The lowest BCUT2D eigenvalue weighted by Crippen LogP contribution is -2.69. The van der Waals surface area contributed by atoms with Crippen LogP contribution in [0.2, 0.25) is 0 Å². The highest BCUT2D eigenvalue weighted by Crippen LogP contribution is 2.44. The van der Waals surface area contributed by atoms with E-state index in [0.29, 0.717) is 12.8 Å². The first-order chi connectivity index (χ1) is 14.0. The SMILES string of the molecule is CCCCCCCC(F)N(O)[C@@]1(O)[C@H](O)[C@@H](CO)O[C@@]1(O)n1cc(Br)c(=O)[nH]c1=O. The maximum absolute atomic E-state index is 14.7. The number of H-pyrrole nitrogens is 1. The van der Waals surface area contributed by atoms with Gasteiger partial charge in [0, 0.05) is 6.20 Å². The van der Waals surface area contributed by atoms with E-state index >= 15 is 0 Å². The molecule has 1 saturated heterocycles. The molecule has 0 amide bonds. The number of aromatic nitrogens is 2. The fourth-order valence-electron chi connectivity index (χ4n) is 3.39. The minimum atomic E-state index is -3.30. The van der Waals surface area contributed by atoms with Crippen molar-refractivity contribution in [2.24, 2.45) is 0 Å². The molecule has 1 unspecified atom stereocenters. The third-order valence-electron chi connectivity index (χ3n) is 5.13. The number of alkyl halides is 1. The molecule has 13 heteroatoms. The summed E-state index contributed by atoms with van der Waals surface area (Å²) in [6, 6.07) is 0. The van der Waals surface area contributed by atoms with Gasteiger partial charge in [-0.15, -0.1) is 5.06 Å². The summed E-state index contributed by atoms with van der Waals surface area (Å²) in [5.41, 5.74) is -5.44. The van der Waals surface area contributed by atoms with Crippen LogP contribution in [0.3, 0.4) is 0 Å². The largest absolute Gasteiger partial charge is 0.394 e. The summed E-state index contributed by atoms with van der Waals surface area (Å²) in [7, 11) is 0. The van der Waals surface area contributed by atoms with Crippen molar-refractivity contribution in [3.05, 3.63) is 31.5 Å². The van der Waals surface area contributed by atoms with Gasteiger partial charge in [-0.3, -0.25) is 9.78 Å². The topological polar surface area (TPSA) is 168 Å². The average molecular weight is 500 g/mol. The Bertz CT molecular complexity index is 838. The van der Waals surface area contributed by atoms with Crippen LogP contribution in [0, 0.1) is 0 Å². The van der Waals surface area contributed by atoms with Crippen LogP contribution in [0.25, 0.3) is 0 Å². The zero-order chi connectivity index (χ0) is 22.7. The molecule has 6 N–H and O–H groups in total. The molecule has 30 heavy (non-hydrogen) atoms. The Hall–Kier alpha value is -1.19. The molecule has 0 radical (unpaired) electrons. The first-order valence-corrected chi connectivity index (χ1v) is 10.4. The number of halogens is 2. The van der Waals surface area contributed by atoms with Crippen molar-refractivity contribution in [2.45, 2.75) is 75.6 Å². The first-order valence-electron chi connectivity index (χ1n) is 9.60. The Balaban J connectivity index is 2.41. The maximum Gasteiger partial charge on any atom is 0.332 e. The van der Waals surface area contributed by atoms with E-state index in [1.165, 1.54) is 0 Å². The van der Waals surface area contributed by atoms with Crippen LogP contribution in [0.5, 0.6) is 0 Å². The molecule has 11 nitrogen and oxygen atoms in total. The van der Waals surface area contributed by atoms with Crippen LogP contribution in [0.1, 0.15) is 45.4 Å². The third-order valence-corrected chi connectivity index (χ3v) is 5.69. The second kappa shape index (κ2) is 9.96. The van der Waals surface area contributed by atoms with E-state index < -0.39 is 48.0 Å². The van der Waals surface area contributed by atoms with Crippen LogP contribution in [0.15, 0.2) is 20.3 Å². The molecular formula is C17H27BrFN3O8. The van der Waals surface area contributed by atoms with Crippen molar-refractivity contribution >= 4 is 15.9 Å². The van der Waals surface area contributed by atoms with Crippen molar-refractivity contribution < 1.29 is 34.8 Å². The molecule has 1 aromatic heterocycles. The van der Waals surface area contributed by atoms with Gasteiger partial charge in [0.05, 0.1) is 11.1 Å². The van der Waals surface area contributed by atoms with Crippen molar-refractivity contribution in [1.82, 2.24) is 14.6 Å². The van der Waals surface area contributed by atoms with Crippen LogP contribution in [-0.4, -0.2) is 71.1 Å². The molecule has 0 saturated carbocycles. The molecule has 1 aliphatic rings. The fourth-order valence-corrected chi connectivity index (χ4v) is 3.70. The van der Waals surface area contributed by atoms with E-state index in [1.54, 1.807) is 0 Å². The van der Waals surface area contributed by atoms with Gasteiger partial charge in [-0.1, -0.05) is 32.6 Å². The highest BCUT2D eigenvalue weighted by Gasteiger charge is 2.71. The number of unbranched alkanes of at least 4 members (excludes halogenated alkanes) is 4. The third kappa shape index (κ3) is 4.39. The normalized spacial score (nSPS) is 30.2. The first kappa shape index (κ1) is 25.1. The van der Waals surface area contributed by atoms with Crippen LogP contribution >= 0.6 is 15.9 Å². The van der Waals surface area contributed by atoms with Gasteiger partial charge in [-0.2, -0.15) is 0 Å². The Labute approximate surface area is 179 Å². The summed E-state index contributed by atoms with van der Waals surface area (Å²) >= 11 is 2.84. The number of ether oxygens (including phenoxy) is 1. The van der Waals surface area contributed by atoms with Gasteiger partial charge in [0.1, 0.15) is 12.2 Å². The standard InChI is InChI=1S/C17H27BrFN3O8/c1-2-3-4-5-6-7-12(19)22(29)16(27)13(24)11(9-23)30-17(16,28)21-8-10(18)14(25)20-15(21)26/h8,11-13,23-24,27-29H,2-7,9H2,1H3,(H,20,25,26)/t11-,12?,13-,16-,17-/m1/s1. The highest BCUT2D eigenvalue weighted by molar-refractivity contribution is 9.10. The summed E-state index contributed by atoms with van der Waals surface area (Å²) in [6.45, 7) is 1.08. The summed E-state index contributed by atoms with van der Waals surface area (Å²) in [6.07, 6.45) is -1.89. The predicted octanol–water partition coefficient (Wildman–Crippen LogP) is -0.310. The quantitative estimate of drug-likeness (QED) is 0.109. The minimum Gasteiger partial charge on any atom is -0.394 e. The van der Waals surface area contributed by atoms with Crippen LogP contribution in [-0.2, 0) is 10.6 Å². The molecule has 5 atom stereocenters. The lowest BCUT2D eigenvalue weighted by atomic mass is 10.00. The Kier molecular flexibility index (Phi) is 8.32. The summed E-state index contributed by atoms with van der Waals surface area (Å²) < 4.78 is 19.8. The highest BCUT2D eigenvalue weighted by atomic mass is 79.9. The number of nitrogens with one attached hydrogen (secondary N) is 1. The van der Waals surface area contributed by atoms with Crippen molar-refractivity contribution in [3.63, 3.8) is 0 Å². The molecule has 2 heterocycles.